The van der Waals surface area contributed by atoms with E-state index in [1.807, 2.05) is 55.5 Å². The van der Waals surface area contributed by atoms with Gasteiger partial charge in [-0.05, 0) is 48.9 Å². The van der Waals surface area contributed by atoms with Gasteiger partial charge in [0.1, 0.15) is 5.82 Å². The number of benzene rings is 3. The summed E-state index contributed by atoms with van der Waals surface area (Å²) in [7, 11) is 0. The van der Waals surface area contributed by atoms with E-state index in [1.54, 1.807) is 34.9 Å². The zero-order valence-electron chi connectivity index (χ0n) is 19.7. The average molecular weight is 469 g/mol. The summed E-state index contributed by atoms with van der Waals surface area (Å²) < 4.78 is 7.05. The normalized spacial score (nSPS) is 15.1. The molecule has 35 heavy (non-hydrogen) atoms. The number of hydrogen-bond acceptors (Lipinski definition) is 5. The Hall–Kier alpha value is -3.81. The molecule has 1 fully saturated rings. The lowest BCUT2D eigenvalue weighted by molar-refractivity contribution is 0.0332. The van der Waals surface area contributed by atoms with Crippen LogP contribution in [0.1, 0.15) is 27.8 Å². The molecule has 1 atom stereocenters. The number of rotatable bonds is 6. The molecule has 0 saturated carbocycles. The number of fused-ring (bicyclic) bond motifs is 1. The van der Waals surface area contributed by atoms with Gasteiger partial charge < -0.3 is 10.1 Å². The van der Waals surface area contributed by atoms with Crippen molar-refractivity contribution in [3.05, 3.63) is 106 Å². The summed E-state index contributed by atoms with van der Waals surface area (Å²) >= 11 is 0. The van der Waals surface area contributed by atoms with E-state index >= 15 is 0 Å². The van der Waals surface area contributed by atoms with Gasteiger partial charge in [-0.2, -0.15) is 0 Å². The van der Waals surface area contributed by atoms with Crippen molar-refractivity contribution in [1.82, 2.24) is 19.8 Å². The van der Waals surface area contributed by atoms with Gasteiger partial charge in [0.25, 0.3) is 11.5 Å². The molecule has 178 valence electrons. The summed E-state index contributed by atoms with van der Waals surface area (Å²) in [6, 6.07) is 24.3. The lowest BCUT2D eigenvalue weighted by Gasteiger charge is -2.31. The van der Waals surface area contributed by atoms with Crippen LogP contribution in [0, 0.1) is 6.92 Å². The van der Waals surface area contributed by atoms with Gasteiger partial charge in [-0.3, -0.25) is 19.1 Å². The van der Waals surface area contributed by atoms with Gasteiger partial charge in [-0.15, -0.1) is 0 Å². The predicted octanol–water partition coefficient (Wildman–Crippen LogP) is 3.50. The van der Waals surface area contributed by atoms with Gasteiger partial charge in [0, 0.05) is 25.2 Å². The molecule has 1 aliphatic rings. The molecular weight excluding hydrogens is 440 g/mol. The number of para-hydroxylation sites is 1. The number of nitrogens with zero attached hydrogens (tertiary/aromatic N) is 3. The van der Waals surface area contributed by atoms with Crippen LogP contribution in [0.25, 0.3) is 16.6 Å². The quantitative estimate of drug-likeness (QED) is 0.469. The van der Waals surface area contributed by atoms with Gasteiger partial charge in [0.15, 0.2) is 0 Å². The zero-order valence-corrected chi connectivity index (χ0v) is 19.7. The van der Waals surface area contributed by atoms with E-state index in [2.05, 4.69) is 15.2 Å². The highest BCUT2D eigenvalue weighted by Crippen LogP contribution is 2.18. The number of hydrogen-bond donors (Lipinski definition) is 1. The fraction of sp³-hybridized carbons (Fsp3) is 0.250. The van der Waals surface area contributed by atoms with Crippen LogP contribution in [0.4, 0.5) is 0 Å². The van der Waals surface area contributed by atoms with Crippen molar-refractivity contribution in [2.45, 2.75) is 13.0 Å². The first-order valence-electron chi connectivity index (χ1n) is 11.8. The number of aryl methyl sites for hydroxylation is 1. The van der Waals surface area contributed by atoms with E-state index in [9.17, 15) is 9.59 Å². The van der Waals surface area contributed by atoms with Gasteiger partial charge in [-0.25, -0.2) is 4.98 Å². The maximum atomic E-state index is 13.2. The lowest BCUT2D eigenvalue weighted by Crippen LogP contribution is -2.43. The minimum Gasteiger partial charge on any atom is -0.379 e. The Morgan fingerprint density at radius 3 is 2.40 bits per heavy atom. The van der Waals surface area contributed by atoms with Crippen LogP contribution in [0.5, 0.6) is 0 Å². The van der Waals surface area contributed by atoms with Crippen molar-refractivity contribution >= 4 is 16.8 Å². The number of aromatic nitrogens is 2. The summed E-state index contributed by atoms with van der Waals surface area (Å²) in [5, 5.41) is 3.76. The Labute approximate surface area is 204 Å². The topological polar surface area (TPSA) is 76.5 Å². The molecule has 0 bridgehead atoms. The molecule has 7 nitrogen and oxygen atoms in total. The SMILES string of the molecule is Cc1nc2ccccc2c(=O)n1-c1ccc(C(=O)N[C@H](CN2CCOCC2)c2ccccc2)cc1. The third-order valence-corrected chi connectivity index (χ3v) is 6.38. The Bertz CT molecular complexity index is 1380. The van der Waals surface area contributed by atoms with Crippen LogP contribution in [0.3, 0.4) is 0 Å². The number of carbonyl (C=O) groups is 1. The van der Waals surface area contributed by atoms with E-state index < -0.39 is 0 Å². The van der Waals surface area contributed by atoms with Gasteiger partial charge in [0.05, 0.1) is 35.8 Å². The molecule has 1 aromatic heterocycles. The molecule has 0 spiro atoms. The molecule has 0 unspecified atom stereocenters. The molecule has 5 rings (SSSR count). The van der Waals surface area contributed by atoms with Crippen molar-refractivity contribution in [2.75, 3.05) is 32.8 Å². The van der Waals surface area contributed by atoms with Crippen LogP contribution in [-0.2, 0) is 4.74 Å². The number of morpholine rings is 1. The summed E-state index contributed by atoms with van der Waals surface area (Å²) in [5.74, 6) is 0.444. The zero-order chi connectivity index (χ0) is 24.2. The van der Waals surface area contributed by atoms with Gasteiger partial charge in [-0.1, -0.05) is 42.5 Å². The first kappa shape index (κ1) is 23.0. The smallest absolute Gasteiger partial charge is 0.265 e. The molecule has 4 aromatic rings. The van der Waals surface area contributed by atoms with E-state index in [0.717, 1.165) is 18.7 Å². The number of ether oxygens (including phenoxy) is 1. The minimum atomic E-state index is -0.153. The minimum absolute atomic E-state index is 0.125. The first-order chi connectivity index (χ1) is 17.1. The average Bonchev–Trinajstić information content (AvgIpc) is 2.90. The van der Waals surface area contributed by atoms with Crippen molar-refractivity contribution in [3.63, 3.8) is 0 Å². The third-order valence-electron chi connectivity index (χ3n) is 6.38. The Morgan fingerprint density at radius 1 is 0.971 bits per heavy atom. The van der Waals surface area contributed by atoms with Crippen LogP contribution >= 0.6 is 0 Å². The van der Waals surface area contributed by atoms with E-state index in [4.69, 9.17) is 4.74 Å². The van der Waals surface area contributed by atoms with Crippen LogP contribution < -0.4 is 10.9 Å². The van der Waals surface area contributed by atoms with Crippen molar-refractivity contribution in [3.8, 4) is 5.69 Å². The standard InChI is InChI=1S/C28H28N4O3/c1-20-29-25-10-6-5-9-24(25)28(34)32(20)23-13-11-22(12-14-23)27(33)30-26(21-7-3-2-4-8-21)19-31-15-17-35-18-16-31/h2-14,26H,15-19H2,1H3,(H,30,33)/t26-/m1/s1. The van der Waals surface area contributed by atoms with Gasteiger partial charge >= 0.3 is 0 Å². The molecular formula is C28H28N4O3. The monoisotopic (exact) mass is 468 g/mol. The summed E-state index contributed by atoms with van der Waals surface area (Å²) in [6.07, 6.45) is 0. The highest BCUT2D eigenvalue weighted by atomic mass is 16.5. The van der Waals surface area contributed by atoms with Crippen molar-refractivity contribution in [2.24, 2.45) is 0 Å². The molecule has 2 heterocycles. The molecule has 3 aromatic carbocycles. The van der Waals surface area contributed by atoms with Crippen molar-refractivity contribution < 1.29 is 9.53 Å². The van der Waals surface area contributed by atoms with E-state index in [1.165, 1.54) is 0 Å². The van der Waals surface area contributed by atoms with Crippen LogP contribution in [-0.4, -0.2) is 53.2 Å². The molecule has 1 aliphatic heterocycles. The molecule has 1 N–H and O–H groups in total. The third kappa shape index (κ3) is 5.01. The summed E-state index contributed by atoms with van der Waals surface area (Å²) in [5.41, 5.74) is 2.83. The number of amides is 1. The first-order valence-corrected chi connectivity index (χ1v) is 11.8. The maximum absolute atomic E-state index is 13.2. The second kappa shape index (κ2) is 10.2. The highest BCUT2D eigenvalue weighted by molar-refractivity contribution is 5.94. The summed E-state index contributed by atoms with van der Waals surface area (Å²) in [6.45, 7) is 5.64. The maximum Gasteiger partial charge on any atom is 0.265 e. The van der Waals surface area contributed by atoms with E-state index in [0.29, 0.717) is 47.7 Å². The lowest BCUT2D eigenvalue weighted by atomic mass is 10.1. The van der Waals surface area contributed by atoms with Crippen LogP contribution in [0.2, 0.25) is 0 Å². The largest absolute Gasteiger partial charge is 0.379 e. The number of carbonyl (C=O) groups excluding carboxylic acids is 1. The molecule has 0 aliphatic carbocycles. The van der Waals surface area contributed by atoms with Gasteiger partial charge in [0.2, 0.25) is 0 Å². The second-order valence-electron chi connectivity index (χ2n) is 8.71. The number of nitrogens with one attached hydrogen (secondary N) is 1. The fourth-order valence-corrected chi connectivity index (χ4v) is 4.51. The Kier molecular flexibility index (Phi) is 6.70. The second-order valence-corrected chi connectivity index (χ2v) is 8.71. The Morgan fingerprint density at radius 2 is 1.66 bits per heavy atom. The highest BCUT2D eigenvalue weighted by Gasteiger charge is 2.21. The van der Waals surface area contributed by atoms with E-state index in [-0.39, 0.29) is 17.5 Å². The Balaban J connectivity index is 1.38. The molecule has 1 amide bonds. The molecule has 1 saturated heterocycles. The predicted molar refractivity (Wildman–Crippen MR) is 136 cm³/mol. The summed E-state index contributed by atoms with van der Waals surface area (Å²) in [4.78, 5) is 33.2. The fourth-order valence-electron chi connectivity index (χ4n) is 4.51. The van der Waals surface area contributed by atoms with Crippen LogP contribution in [0.15, 0.2) is 83.7 Å². The molecule has 0 radical (unpaired) electrons. The molecule has 7 heteroatoms. The van der Waals surface area contributed by atoms with Crippen molar-refractivity contribution in [1.29, 1.82) is 0 Å².